The Morgan fingerprint density at radius 1 is 1.58 bits per heavy atom. The molecule has 1 rings (SSSR count). The molecule has 0 aromatic rings. The van der Waals surface area contributed by atoms with Crippen molar-refractivity contribution in [1.82, 2.24) is 0 Å². The van der Waals surface area contributed by atoms with Crippen LogP contribution in [0, 0.1) is 0 Å². The summed E-state index contributed by atoms with van der Waals surface area (Å²) in [4.78, 5) is 4.27. The second-order valence-electron chi connectivity index (χ2n) is 2.50. The van der Waals surface area contributed by atoms with Gasteiger partial charge >= 0.3 is 0 Å². The zero-order valence-corrected chi connectivity index (χ0v) is 7.33. The van der Waals surface area contributed by atoms with Crippen LogP contribution in [-0.4, -0.2) is 5.71 Å². The molecular formula is C11H13N. The standard InChI is InChI=1S/C11H13N/c1-3-7-11-10(4-2)8-5-6-9-12-11/h3-4,6-9H,2,5H2,1H3/b7-3-. The Hall–Kier alpha value is -1.37. The van der Waals surface area contributed by atoms with Gasteiger partial charge in [-0.2, -0.15) is 0 Å². The van der Waals surface area contributed by atoms with E-state index in [1.54, 1.807) is 0 Å². The highest BCUT2D eigenvalue weighted by atomic mass is 14.7. The average Bonchev–Trinajstić information content (AvgIpc) is 2.30. The second-order valence-corrected chi connectivity index (χ2v) is 2.50. The van der Waals surface area contributed by atoms with E-state index in [1.807, 2.05) is 37.4 Å². The number of allylic oxidation sites excluding steroid dienone is 6. The van der Waals surface area contributed by atoms with Crippen molar-refractivity contribution in [1.29, 1.82) is 0 Å². The van der Waals surface area contributed by atoms with Crippen LogP contribution < -0.4 is 0 Å². The van der Waals surface area contributed by atoms with Crippen LogP contribution in [0.5, 0.6) is 0 Å². The van der Waals surface area contributed by atoms with Gasteiger partial charge in [-0.1, -0.05) is 30.9 Å². The van der Waals surface area contributed by atoms with Gasteiger partial charge in [0.05, 0.1) is 5.71 Å². The lowest BCUT2D eigenvalue weighted by Crippen LogP contribution is -1.94. The zero-order valence-electron chi connectivity index (χ0n) is 7.33. The Morgan fingerprint density at radius 2 is 2.42 bits per heavy atom. The molecule has 1 nitrogen and oxygen atoms in total. The first-order valence-corrected chi connectivity index (χ1v) is 4.07. The topological polar surface area (TPSA) is 12.4 Å². The third kappa shape index (κ3) is 2.06. The lowest BCUT2D eigenvalue weighted by molar-refractivity contribution is 1.37. The predicted molar refractivity (Wildman–Crippen MR) is 54.3 cm³/mol. The molecule has 0 saturated heterocycles. The summed E-state index contributed by atoms with van der Waals surface area (Å²) in [6.07, 6.45) is 12.7. The van der Waals surface area contributed by atoms with E-state index in [0.29, 0.717) is 0 Å². The van der Waals surface area contributed by atoms with E-state index in [1.165, 1.54) is 0 Å². The number of hydrogen-bond donors (Lipinski definition) is 0. The Kier molecular flexibility index (Phi) is 3.27. The van der Waals surface area contributed by atoms with Gasteiger partial charge in [0.25, 0.3) is 0 Å². The van der Waals surface area contributed by atoms with E-state index >= 15 is 0 Å². The first kappa shape index (κ1) is 8.72. The van der Waals surface area contributed by atoms with E-state index in [9.17, 15) is 0 Å². The number of aliphatic imine (C=N–C) groups is 1. The van der Waals surface area contributed by atoms with Crippen LogP contribution in [-0.2, 0) is 0 Å². The van der Waals surface area contributed by atoms with Gasteiger partial charge in [-0.3, -0.25) is 4.99 Å². The van der Waals surface area contributed by atoms with Crippen molar-refractivity contribution < 1.29 is 0 Å². The molecule has 12 heavy (non-hydrogen) atoms. The van der Waals surface area contributed by atoms with Gasteiger partial charge < -0.3 is 0 Å². The van der Waals surface area contributed by atoms with E-state index in [-0.39, 0.29) is 0 Å². The van der Waals surface area contributed by atoms with Crippen LogP contribution in [0.2, 0.25) is 0 Å². The molecule has 0 aromatic carbocycles. The molecule has 0 radical (unpaired) electrons. The lowest BCUT2D eigenvalue weighted by atomic mass is 10.1. The predicted octanol–water partition coefficient (Wildman–Crippen LogP) is 3.03. The van der Waals surface area contributed by atoms with Crippen LogP contribution in [0.4, 0.5) is 0 Å². The van der Waals surface area contributed by atoms with Gasteiger partial charge in [0, 0.05) is 6.20 Å². The minimum Gasteiger partial charge on any atom is -0.257 e. The van der Waals surface area contributed by atoms with Crippen LogP contribution in [0.25, 0.3) is 0 Å². The Bertz CT molecular complexity index is 277. The summed E-state index contributed by atoms with van der Waals surface area (Å²) >= 11 is 0. The highest BCUT2D eigenvalue weighted by Gasteiger charge is 1.99. The first-order valence-electron chi connectivity index (χ1n) is 4.07. The highest BCUT2D eigenvalue weighted by molar-refractivity contribution is 6.10. The normalized spacial score (nSPS) is 17.1. The monoisotopic (exact) mass is 159 g/mol. The van der Waals surface area contributed by atoms with Crippen molar-refractivity contribution in [2.24, 2.45) is 4.99 Å². The highest BCUT2D eigenvalue weighted by Crippen LogP contribution is 2.08. The molecule has 0 fully saturated rings. The molecule has 0 aromatic heterocycles. The van der Waals surface area contributed by atoms with Gasteiger partial charge in [-0.25, -0.2) is 0 Å². The maximum absolute atomic E-state index is 4.27. The van der Waals surface area contributed by atoms with Crippen molar-refractivity contribution in [2.45, 2.75) is 13.3 Å². The van der Waals surface area contributed by atoms with Crippen molar-refractivity contribution in [3.8, 4) is 0 Å². The molecule has 0 spiro atoms. The van der Waals surface area contributed by atoms with Gasteiger partial charge in [0.1, 0.15) is 0 Å². The first-order chi connectivity index (χ1) is 5.88. The molecule has 1 aliphatic rings. The van der Waals surface area contributed by atoms with Gasteiger partial charge in [-0.15, -0.1) is 0 Å². The smallest absolute Gasteiger partial charge is 0.0695 e. The Labute approximate surface area is 73.5 Å². The third-order valence-electron chi connectivity index (χ3n) is 1.63. The van der Waals surface area contributed by atoms with Gasteiger partial charge in [-0.05, 0) is 25.0 Å². The van der Waals surface area contributed by atoms with Crippen molar-refractivity contribution in [3.05, 3.63) is 48.7 Å². The molecular weight excluding hydrogens is 146 g/mol. The van der Waals surface area contributed by atoms with E-state index in [4.69, 9.17) is 0 Å². The molecule has 0 saturated carbocycles. The van der Waals surface area contributed by atoms with E-state index in [0.717, 1.165) is 17.7 Å². The maximum atomic E-state index is 4.27. The fourth-order valence-corrected chi connectivity index (χ4v) is 1.05. The summed E-state index contributed by atoms with van der Waals surface area (Å²) in [7, 11) is 0. The summed E-state index contributed by atoms with van der Waals surface area (Å²) in [6, 6.07) is 0. The number of nitrogens with zero attached hydrogens (tertiary/aromatic N) is 1. The lowest BCUT2D eigenvalue weighted by Gasteiger charge is -1.97. The quantitative estimate of drug-likeness (QED) is 0.587. The van der Waals surface area contributed by atoms with Crippen molar-refractivity contribution in [3.63, 3.8) is 0 Å². The Balaban J connectivity index is 2.97. The summed E-state index contributed by atoms with van der Waals surface area (Å²) in [5.74, 6) is 0. The third-order valence-corrected chi connectivity index (χ3v) is 1.63. The molecule has 0 bridgehead atoms. The van der Waals surface area contributed by atoms with E-state index in [2.05, 4.69) is 17.6 Å². The number of hydrogen-bond acceptors (Lipinski definition) is 1. The van der Waals surface area contributed by atoms with Crippen molar-refractivity contribution in [2.75, 3.05) is 0 Å². The summed E-state index contributed by atoms with van der Waals surface area (Å²) in [5, 5.41) is 0. The maximum Gasteiger partial charge on any atom is 0.0695 e. The molecule has 1 heterocycles. The van der Waals surface area contributed by atoms with Gasteiger partial charge in [0.15, 0.2) is 0 Å². The SMILES string of the molecule is C=CC1=CCC=CN=C1/C=C\C. The molecule has 0 atom stereocenters. The van der Waals surface area contributed by atoms with Crippen LogP contribution in [0.1, 0.15) is 13.3 Å². The van der Waals surface area contributed by atoms with Crippen LogP contribution in [0.3, 0.4) is 0 Å². The second kappa shape index (κ2) is 4.50. The zero-order chi connectivity index (χ0) is 8.81. The molecule has 1 aliphatic heterocycles. The number of rotatable bonds is 2. The largest absolute Gasteiger partial charge is 0.257 e. The molecule has 0 unspecified atom stereocenters. The average molecular weight is 159 g/mol. The summed E-state index contributed by atoms with van der Waals surface area (Å²) in [6.45, 7) is 5.73. The van der Waals surface area contributed by atoms with E-state index < -0.39 is 0 Å². The van der Waals surface area contributed by atoms with Crippen LogP contribution >= 0.6 is 0 Å². The molecule has 0 aliphatic carbocycles. The Morgan fingerprint density at radius 3 is 3.08 bits per heavy atom. The summed E-state index contributed by atoms with van der Waals surface area (Å²) in [5.41, 5.74) is 2.10. The molecule has 0 N–H and O–H groups in total. The fourth-order valence-electron chi connectivity index (χ4n) is 1.05. The molecule has 0 amide bonds. The fraction of sp³-hybridized carbons (Fsp3) is 0.182. The minimum absolute atomic E-state index is 0.936. The minimum atomic E-state index is 0.936. The summed E-state index contributed by atoms with van der Waals surface area (Å²) < 4.78 is 0. The van der Waals surface area contributed by atoms with Crippen molar-refractivity contribution >= 4 is 5.71 Å². The molecule has 62 valence electrons. The van der Waals surface area contributed by atoms with Crippen LogP contribution in [0.15, 0.2) is 53.7 Å². The molecule has 1 heteroatoms. The van der Waals surface area contributed by atoms with Gasteiger partial charge in [0.2, 0.25) is 0 Å².